The van der Waals surface area contributed by atoms with Crippen molar-refractivity contribution in [3.8, 4) is 0 Å². The van der Waals surface area contributed by atoms with E-state index in [1.54, 1.807) is 0 Å². The Morgan fingerprint density at radius 2 is 1.80 bits per heavy atom. The van der Waals surface area contributed by atoms with Crippen LogP contribution in [0.3, 0.4) is 0 Å². The highest BCUT2D eigenvalue weighted by Gasteiger charge is 2.69. The lowest BCUT2D eigenvalue weighted by atomic mass is 9.70. The zero-order chi connectivity index (χ0) is 11.1. The van der Waals surface area contributed by atoms with Crippen LogP contribution < -0.4 is 5.32 Å². The van der Waals surface area contributed by atoms with E-state index in [1.165, 1.54) is 12.8 Å². The summed E-state index contributed by atoms with van der Waals surface area (Å²) in [5, 5.41) is 3.68. The largest absolute Gasteiger partial charge is 0.356 e. The molecule has 2 aliphatic carbocycles. The first kappa shape index (κ1) is 10.1. The van der Waals surface area contributed by atoms with E-state index in [4.69, 9.17) is 4.74 Å². The predicted molar refractivity (Wildman–Crippen MR) is 60.5 cm³/mol. The summed E-state index contributed by atoms with van der Waals surface area (Å²) >= 11 is 0. The minimum Gasteiger partial charge on any atom is -0.356 e. The molecule has 86 valence electrons. The number of rotatable bonds is 0. The summed E-state index contributed by atoms with van der Waals surface area (Å²) in [5.41, 5.74) is 0.699. The molecule has 3 aliphatic rings. The van der Waals surface area contributed by atoms with Gasteiger partial charge < -0.3 is 4.74 Å². The van der Waals surface area contributed by atoms with Crippen LogP contribution in [0.2, 0.25) is 0 Å². The van der Waals surface area contributed by atoms with Crippen molar-refractivity contribution >= 4 is 0 Å². The Bertz CT molecular complexity index is 310. The molecule has 1 heterocycles. The van der Waals surface area contributed by atoms with Gasteiger partial charge in [0.1, 0.15) is 5.72 Å². The van der Waals surface area contributed by atoms with E-state index in [1.807, 2.05) is 0 Å². The quantitative estimate of drug-likeness (QED) is 0.662. The Hall–Kier alpha value is -0.0800. The lowest BCUT2D eigenvalue weighted by Crippen LogP contribution is -2.43. The van der Waals surface area contributed by atoms with Gasteiger partial charge in [0.25, 0.3) is 0 Å². The number of fused-ring (bicyclic) bond motifs is 5. The van der Waals surface area contributed by atoms with Gasteiger partial charge in [-0.05, 0) is 38.0 Å². The second-order valence-electron chi connectivity index (χ2n) is 7.00. The van der Waals surface area contributed by atoms with Crippen molar-refractivity contribution in [2.24, 2.45) is 16.7 Å². The average Bonchev–Trinajstić information content (AvgIpc) is 2.55. The molecular formula is C13H23NO. The fourth-order valence-corrected chi connectivity index (χ4v) is 4.44. The maximum atomic E-state index is 6.23. The molecule has 2 heteroatoms. The zero-order valence-corrected chi connectivity index (χ0v) is 10.6. The van der Waals surface area contributed by atoms with Crippen LogP contribution in [-0.2, 0) is 4.74 Å². The third-order valence-electron chi connectivity index (χ3n) is 5.70. The van der Waals surface area contributed by atoms with E-state index < -0.39 is 0 Å². The van der Waals surface area contributed by atoms with Gasteiger partial charge in [0.05, 0.1) is 6.10 Å². The number of hydrogen-bond donors (Lipinski definition) is 1. The molecule has 2 saturated carbocycles. The molecular weight excluding hydrogens is 186 g/mol. The van der Waals surface area contributed by atoms with Crippen LogP contribution in [-0.4, -0.2) is 17.9 Å². The molecule has 0 aromatic heterocycles. The summed E-state index contributed by atoms with van der Waals surface area (Å²) in [6.45, 7) is 11.6. The third-order valence-corrected chi connectivity index (χ3v) is 5.70. The van der Waals surface area contributed by atoms with E-state index in [2.05, 4.69) is 39.9 Å². The molecule has 4 unspecified atom stereocenters. The molecule has 2 bridgehead atoms. The molecule has 3 fully saturated rings. The number of nitrogens with one attached hydrogen (secondary N) is 1. The van der Waals surface area contributed by atoms with Gasteiger partial charge in [0.2, 0.25) is 0 Å². The van der Waals surface area contributed by atoms with Crippen LogP contribution in [0.1, 0.15) is 47.5 Å². The normalized spacial score (nSPS) is 54.6. The second kappa shape index (κ2) is 2.43. The lowest BCUT2D eigenvalue weighted by Gasteiger charge is -2.39. The summed E-state index contributed by atoms with van der Waals surface area (Å²) < 4.78 is 6.23. The van der Waals surface area contributed by atoms with Gasteiger partial charge >= 0.3 is 0 Å². The maximum Gasteiger partial charge on any atom is 0.114 e. The molecule has 15 heavy (non-hydrogen) atoms. The highest BCUT2D eigenvalue weighted by atomic mass is 16.5. The molecule has 3 rings (SSSR count). The van der Waals surface area contributed by atoms with Crippen molar-refractivity contribution < 1.29 is 4.74 Å². The average molecular weight is 209 g/mol. The minimum atomic E-state index is -0.115. The predicted octanol–water partition coefficient (Wildman–Crippen LogP) is 2.54. The zero-order valence-electron chi connectivity index (χ0n) is 10.6. The van der Waals surface area contributed by atoms with Gasteiger partial charge in [-0.1, -0.05) is 20.8 Å². The van der Waals surface area contributed by atoms with E-state index >= 15 is 0 Å². The van der Waals surface area contributed by atoms with E-state index in [9.17, 15) is 0 Å². The number of ether oxygens (including phenoxy) is 1. The standard InChI is InChI=1S/C13H23NO/c1-11(2)8-6-7-13(11,5)10-9(8)14-12(3,4)15-10/h8-10,14H,6-7H2,1-5H3. The van der Waals surface area contributed by atoms with Crippen LogP contribution in [0.5, 0.6) is 0 Å². The molecule has 4 atom stereocenters. The summed E-state index contributed by atoms with van der Waals surface area (Å²) in [5.74, 6) is 0.800. The SMILES string of the molecule is CC1(C)NC2C3CCC(C)(C2O1)C3(C)C. The van der Waals surface area contributed by atoms with Gasteiger partial charge in [-0.15, -0.1) is 0 Å². The Morgan fingerprint density at radius 3 is 2.40 bits per heavy atom. The van der Waals surface area contributed by atoms with Crippen molar-refractivity contribution in [2.75, 3.05) is 0 Å². The van der Waals surface area contributed by atoms with Crippen molar-refractivity contribution in [1.82, 2.24) is 5.32 Å². The molecule has 1 aliphatic heterocycles. The topological polar surface area (TPSA) is 21.3 Å². The van der Waals surface area contributed by atoms with Crippen LogP contribution in [0.25, 0.3) is 0 Å². The third kappa shape index (κ3) is 0.980. The summed E-state index contributed by atoms with van der Waals surface area (Å²) in [6, 6.07) is 0.591. The van der Waals surface area contributed by atoms with Crippen LogP contribution in [0, 0.1) is 16.7 Å². The molecule has 0 aromatic rings. The number of hydrogen-bond acceptors (Lipinski definition) is 2. The first-order valence-corrected chi connectivity index (χ1v) is 6.23. The Labute approximate surface area is 92.8 Å². The van der Waals surface area contributed by atoms with E-state index in [0.29, 0.717) is 23.0 Å². The summed E-state index contributed by atoms with van der Waals surface area (Å²) in [6.07, 6.45) is 3.14. The lowest BCUT2D eigenvalue weighted by molar-refractivity contribution is -0.0916. The fraction of sp³-hybridized carbons (Fsp3) is 1.00. The van der Waals surface area contributed by atoms with Crippen molar-refractivity contribution in [2.45, 2.75) is 65.3 Å². The van der Waals surface area contributed by atoms with Crippen molar-refractivity contribution in [1.29, 1.82) is 0 Å². The highest BCUT2D eigenvalue weighted by Crippen LogP contribution is 2.67. The molecule has 2 nitrogen and oxygen atoms in total. The van der Waals surface area contributed by atoms with Gasteiger partial charge in [-0.25, -0.2) is 0 Å². The Balaban J connectivity index is 2.02. The Kier molecular flexibility index (Phi) is 1.64. The van der Waals surface area contributed by atoms with Crippen molar-refractivity contribution in [3.05, 3.63) is 0 Å². The smallest absolute Gasteiger partial charge is 0.114 e. The van der Waals surface area contributed by atoms with Gasteiger partial charge in [-0.3, -0.25) is 5.32 Å². The van der Waals surface area contributed by atoms with Gasteiger partial charge in [-0.2, -0.15) is 0 Å². The van der Waals surface area contributed by atoms with Crippen LogP contribution in [0.4, 0.5) is 0 Å². The highest BCUT2D eigenvalue weighted by molar-refractivity contribution is 5.20. The van der Waals surface area contributed by atoms with Gasteiger partial charge in [0, 0.05) is 11.5 Å². The minimum absolute atomic E-state index is 0.115. The van der Waals surface area contributed by atoms with Crippen LogP contribution >= 0.6 is 0 Å². The molecule has 1 saturated heterocycles. The first-order valence-electron chi connectivity index (χ1n) is 6.23. The molecule has 1 N–H and O–H groups in total. The molecule has 0 spiro atoms. The molecule has 0 aromatic carbocycles. The van der Waals surface area contributed by atoms with Gasteiger partial charge in [0.15, 0.2) is 0 Å². The first-order chi connectivity index (χ1) is 6.78. The summed E-state index contributed by atoms with van der Waals surface area (Å²) in [7, 11) is 0. The maximum absolute atomic E-state index is 6.23. The summed E-state index contributed by atoms with van der Waals surface area (Å²) in [4.78, 5) is 0. The van der Waals surface area contributed by atoms with E-state index in [-0.39, 0.29) is 5.72 Å². The van der Waals surface area contributed by atoms with E-state index in [0.717, 1.165) is 5.92 Å². The molecule has 0 amide bonds. The Morgan fingerprint density at radius 1 is 1.13 bits per heavy atom. The van der Waals surface area contributed by atoms with Crippen LogP contribution in [0.15, 0.2) is 0 Å². The second-order valence-corrected chi connectivity index (χ2v) is 7.00. The fourth-order valence-electron chi connectivity index (χ4n) is 4.44. The monoisotopic (exact) mass is 209 g/mol. The molecule has 0 radical (unpaired) electrons. The van der Waals surface area contributed by atoms with Crippen molar-refractivity contribution in [3.63, 3.8) is 0 Å².